The zero-order valence-corrected chi connectivity index (χ0v) is 62.1. The van der Waals surface area contributed by atoms with Crippen LogP contribution in [0.3, 0.4) is 0 Å². The van der Waals surface area contributed by atoms with Gasteiger partial charge in [-0.1, -0.05) is 116 Å². The van der Waals surface area contributed by atoms with E-state index in [0.29, 0.717) is 58.0 Å². The summed E-state index contributed by atoms with van der Waals surface area (Å²) in [7, 11) is 11.3. The number of carbonyl (C=O) groups excluding carboxylic acids is 12. The van der Waals surface area contributed by atoms with Crippen molar-refractivity contribution in [1.29, 1.82) is 0 Å². The first-order valence-electron chi connectivity index (χ1n) is 36.2. The molecule has 3 aliphatic carbocycles. The van der Waals surface area contributed by atoms with E-state index in [-0.39, 0.29) is 62.3 Å². The molecule has 3 N–H and O–H groups in total. The van der Waals surface area contributed by atoms with Crippen LogP contribution in [0.1, 0.15) is 187 Å². The fourth-order valence-electron chi connectivity index (χ4n) is 15.2. The summed E-state index contributed by atoms with van der Waals surface area (Å²) in [4.78, 5) is 190. The molecule has 6 rings (SSSR count). The van der Waals surface area contributed by atoms with Gasteiger partial charge in [0.05, 0.1) is 36.6 Å². The van der Waals surface area contributed by atoms with Crippen LogP contribution in [-0.2, 0) is 70.1 Å². The first-order valence-corrected chi connectivity index (χ1v) is 36.6. The van der Waals surface area contributed by atoms with Gasteiger partial charge < -0.3 is 60.0 Å². The summed E-state index contributed by atoms with van der Waals surface area (Å²) in [6.07, 6.45) is 5.54. The molecule has 2 aliphatic heterocycles. The van der Waals surface area contributed by atoms with Gasteiger partial charge in [0.1, 0.15) is 47.8 Å². The Hall–Kier alpha value is -7.06. The standard InChI is InChI=1S/C72H112ClF3N12O12/c1-14-46(5)61-68(98)82(8)43-59(91)80(6)44-60(92)84(10)55(40-47-26-18-16-19-27-47)66(96)81(7)42-57(89)77-52(33-31-48-30-32-50(51(73)39-48)72(74,75)76)65(95)85(11)53(15-2)64(94)79-71(34-22-23-35-71)70(100)87(13)62(49-28-20-21-29-49)69(99)86(12)56(67(97)88-36-24-17-25-37-88)41-58(90)83(9)54(38-45(3)4)63(93)78-61/h30,32,39,45-47,49,52-56,61-62H,14-29,31,33-38,40-44H2,1-13H3,(H,77,89)(H,78,93)(H,79,94)/t46-,52-,53+,54-,55-,56-,61-,62-/m0/s1. The summed E-state index contributed by atoms with van der Waals surface area (Å²) >= 11 is 6.15. The predicted molar refractivity (Wildman–Crippen MR) is 371 cm³/mol. The SMILES string of the molecule is CC[C@@H]1C(=O)NC2(CCCC2)C(=O)N(C)[C@@H](C2CCCC2)C(=O)N(C)[C@H](C(=O)N2CCCCC2)CC(=O)N(C)[C@@H](CC(C)C)C(=O)N[C@@H]([C@@H](C)CC)C(=O)N(C)CC(=O)N(C)CC(=O)N(C)[C@@H](CC2CCCCC2)C(=O)N(C)CC(=O)N[C@@H](CCc2ccc(C(F)(F)F)c(Cl)c2)C(=O)N1C. The Morgan fingerprint density at radius 3 is 1.77 bits per heavy atom. The molecular weight excluding hydrogens is 1320 g/mol. The van der Waals surface area contributed by atoms with E-state index in [2.05, 4.69) is 16.0 Å². The molecule has 2 saturated heterocycles. The van der Waals surface area contributed by atoms with Crippen molar-refractivity contribution in [2.75, 3.05) is 89.1 Å². The average molecular weight is 1430 g/mol. The maximum Gasteiger partial charge on any atom is 0.417 e. The Balaban J connectivity index is 1.44. The van der Waals surface area contributed by atoms with Crippen molar-refractivity contribution >= 4 is 82.5 Å². The maximum absolute atomic E-state index is 15.7. The lowest BCUT2D eigenvalue weighted by Gasteiger charge is -2.42. The van der Waals surface area contributed by atoms with Gasteiger partial charge in [-0.2, -0.15) is 13.2 Å². The third kappa shape index (κ3) is 20.8. The van der Waals surface area contributed by atoms with E-state index in [9.17, 15) is 41.9 Å². The zero-order valence-electron chi connectivity index (χ0n) is 61.3. The number of amides is 12. The number of carbonyl (C=O) groups is 12. The number of benzene rings is 1. The smallest absolute Gasteiger partial charge is 0.343 e. The highest BCUT2D eigenvalue weighted by molar-refractivity contribution is 6.31. The monoisotopic (exact) mass is 1430 g/mol. The normalized spacial score (nSPS) is 26.3. The zero-order chi connectivity index (χ0) is 74.2. The van der Waals surface area contributed by atoms with Gasteiger partial charge in [-0.3, -0.25) is 57.5 Å². The molecule has 3 saturated carbocycles. The maximum atomic E-state index is 15.7. The molecule has 100 heavy (non-hydrogen) atoms. The minimum atomic E-state index is -4.76. The number of piperidine rings is 1. The van der Waals surface area contributed by atoms with E-state index in [1.165, 1.54) is 82.0 Å². The summed E-state index contributed by atoms with van der Waals surface area (Å²) in [5.74, 6) is -8.94. The van der Waals surface area contributed by atoms with Gasteiger partial charge in [0.25, 0.3) is 0 Å². The molecule has 8 atom stereocenters. The molecule has 0 unspecified atom stereocenters. The lowest BCUT2D eigenvalue weighted by molar-refractivity contribution is -0.156. The summed E-state index contributed by atoms with van der Waals surface area (Å²) < 4.78 is 41.6. The fourth-order valence-corrected chi connectivity index (χ4v) is 15.5. The molecule has 24 nitrogen and oxygen atoms in total. The van der Waals surface area contributed by atoms with Crippen molar-refractivity contribution in [1.82, 2.24) is 60.0 Å². The van der Waals surface area contributed by atoms with E-state index in [1.54, 1.807) is 18.7 Å². The van der Waals surface area contributed by atoms with Crippen molar-refractivity contribution in [3.63, 3.8) is 0 Å². The lowest BCUT2D eigenvalue weighted by Crippen LogP contribution is -2.65. The summed E-state index contributed by atoms with van der Waals surface area (Å²) in [6.45, 7) is 8.03. The number of likely N-dealkylation sites (tertiary alicyclic amines) is 1. The van der Waals surface area contributed by atoms with Crippen molar-refractivity contribution in [3.05, 3.63) is 34.3 Å². The Kier molecular flexibility index (Phi) is 30.1. The van der Waals surface area contributed by atoms with Crippen LogP contribution in [0.25, 0.3) is 0 Å². The van der Waals surface area contributed by atoms with E-state index in [0.717, 1.165) is 83.1 Å². The second-order valence-corrected chi connectivity index (χ2v) is 29.9. The number of hydrogen-bond donors (Lipinski definition) is 3. The molecule has 28 heteroatoms. The number of rotatable bonds is 12. The number of nitrogens with zero attached hydrogens (tertiary/aromatic N) is 9. The molecule has 2 heterocycles. The van der Waals surface area contributed by atoms with Gasteiger partial charge in [-0.15, -0.1) is 0 Å². The van der Waals surface area contributed by atoms with Crippen LogP contribution in [0, 0.1) is 23.7 Å². The molecule has 5 fully saturated rings. The number of alkyl halides is 3. The number of likely N-dealkylation sites (N-methyl/N-ethyl adjacent to an activating group) is 8. The molecule has 0 radical (unpaired) electrons. The molecule has 1 aromatic carbocycles. The molecule has 560 valence electrons. The van der Waals surface area contributed by atoms with Gasteiger partial charge in [-0.05, 0) is 118 Å². The third-order valence-corrected chi connectivity index (χ3v) is 22.1. The second-order valence-electron chi connectivity index (χ2n) is 29.5. The van der Waals surface area contributed by atoms with Crippen molar-refractivity contribution in [2.45, 2.75) is 236 Å². The molecule has 5 aliphatic rings. The van der Waals surface area contributed by atoms with Gasteiger partial charge in [-0.25, -0.2) is 0 Å². The van der Waals surface area contributed by atoms with Crippen LogP contribution in [0.4, 0.5) is 13.2 Å². The number of nitrogens with one attached hydrogen (secondary N) is 3. The second kappa shape index (κ2) is 36.7. The molecule has 0 aromatic heterocycles. The Labute approximate surface area is 594 Å². The highest BCUT2D eigenvalue weighted by Gasteiger charge is 2.51. The van der Waals surface area contributed by atoms with E-state index in [4.69, 9.17) is 11.6 Å². The third-order valence-electron chi connectivity index (χ3n) is 21.8. The average Bonchev–Trinajstić information content (AvgIpc) is 1.46. The predicted octanol–water partition coefficient (Wildman–Crippen LogP) is 6.28. The van der Waals surface area contributed by atoms with Gasteiger partial charge in [0, 0.05) is 69.5 Å². The summed E-state index contributed by atoms with van der Waals surface area (Å²) in [5, 5.41) is 8.09. The van der Waals surface area contributed by atoms with Crippen molar-refractivity contribution in [3.8, 4) is 0 Å². The minimum Gasteiger partial charge on any atom is -0.343 e. The van der Waals surface area contributed by atoms with Crippen molar-refractivity contribution < 1.29 is 70.7 Å². The topological polar surface area (TPSA) is 270 Å². The fraction of sp³-hybridized carbons (Fsp3) is 0.750. The summed E-state index contributed by atoms with van der Waals surface area (Å²) in [5.41, 5.74) is -2.38. The lowest BCUT2D eigenvalue weighted by atomic mass is 9.84. The largest absolute Gasteiger partial charge is 0.417 e. The van der Waals surface area contributed by atoms with E-state index >= 15 is 28.8 Å². The Morgan fingerprint density at radius 1 is 0.610 bits per heavy atom. The molecule has 12 amide bonds. The van der Waals surface area contributed by atoms with Gasteiger partial charge in [0.2, 0.25) is 70.9 Å². The van der Waals surface area contributed by atoms with E-state index < -0.39 is 173 Å². The van der Waals surface area contributed by atoms with Crippen LogP contribution in [0.15, 0.2) is 18.2 Å². The van der Waals surface area contributed by atoms with Crippen LogP contribution >= 0.6 is 11.6 Å². The highest BCUT2D eigenvalue weighted by Crippen LogP contribution is 2.38. The number of aryl methyl sites for hydroxylation is 1. The molecule has 1 aromatic rings. The minimum absolute atomic E-state index is 0.00824. The van der Waals surface area contributed by atoms with Gasteiger partial charge >= 0.3 is 6.18 Å². The van der Waals surface area contributed by atoms with Crippen molar-refractivity contribution in [2.24, 2.45) is 23.7 Å². The quantitative estimate of drug-likeness (QED) is 0.209. The number of halogens is 4. The van der Waals surface area contributed by atoms with E-state index in [1.807, 2.05) is 20.8 Å². The van der Waals surface area contributed by atoms with Crippen LogP contribution in [-0.4, -0.2) is 252 Å². The first-order chi connectivity index (χ1) is 47.1. The highest BCUT2D eigenvalue weighted by atomic mass is 35.5. The first kappa shape index (κ1) is 81.9. The van der Waals surface area contributed by atoms with Crippen LogP contribution < -0.4 is 16.0 Å². The van der Waals surface area contributed by atoms with Gasteiger partial charge in [0.15, 0.2) is 0 Å². The Morgan fingerprint density at radius 2 is 1.19 bits per heavy atom. The molecule has 0 bridgehead atoms. The Bertz CT molecular complexity index is 3080. The molecular formula is C72H112ClF3N12O12. The summed E-state index contributed by atoms with van der Waals surface area (Å²) in [6, 6.07) is -5.73. The molecule has 1 spiro atoms. The number of hydrogen-bond acceptors (Lipinski definition) is 12. The van der Waals surface area contributed by atoms with Crippen LogP contribution in [0.5, 0.6) is 0 Å². The van der Waals surface area contributed by atoms with Crippen LogP contribution in [0.2, 0.25) is 5.02 Å².